The highest BCUT2D eigenvalue weighted by molar-refractivity contribution is 14.1. The van der Waals surface area contributed by atoms with Crippen LogP contribution in [-0.4, -0.2) is 4.43 Å². The molecular formula is C9H7F3I. The minimum atomic E-state index is -4.28. The lowest BCUT2D eigenvalue weighted by Gasteiger charge is -2.07. The van der Waals surface area contributed by atoms with Crippen LogP contribution in [0.4, 0.5) is 13.2 Å². The van der Waals surface area contributed by atoms with E-state index in [1.807, 2.05) is 0 Å². The Kier molecular flexibility index (Phi) is 3.58. The largest absolute Gasteiger partial charge is 0.417 e. The first-order chi connectivity index (χ1) is 6.04. The fraction of sp³-hybridized carbons (Fsp3) is 0.333. The average Bonchev–Trinajstić information content (AvgIpc) is 2.04. The normalized spacial score (nSPS) is 11.7. The van der Waals surface area contributed by atoms with Crippen LogP contribution in [0.5, 0.6) is 0 Å². The molecule has 1 aromatic carbocycles. The molecule has 0 saturated heterocycles. The zero-order valence-electron chi connectivity index (χ0n) is 6.66. The molecular weight excluding hydrogens is 292 g/mol. The number of alkyl halides is 4. The van der Waals surface area contributed by atoms with Gasteiger partial charge < -0.3 is 0 Å². The molecule has 0 unspecified atom stereocenters. The second kappa shape index (κ2) is 4.30. The fourth-order valence-corrected chi connectivity index (χ4v) is 1.56. The summed E-state index contributed by atoms with van der Waals surface area (Å²) in [7, 11) is 0. The number of aryl methyl sites for hydroxylation is 1. The topological polar surface area (TPSA) is 0 Å². The van der Waals surface area contributed by atoms with Gasteiger partial charge in [0.25, 0.3) is 0 Å². The van der Waals surface area contributed by atoms with Crippen molar-refractivity contribution >= 4 is 22.6 Å². The predicted molar refractivity (Wildman–Crippen MR) is 52.9 cm³/mol. The van der Waals surface area contributed by atoms with E-state index in [2.05, 4.69) is 28.7 Å². The van der Waals surface area contributed by atoms with E-state index in [0.29, 0.717) is 12.0 Å². The molecule has 1 aromatic rings. The predicted octanol–water partition coefficient (Wildman–Crippen LogP) is 3.48. The van der Waals surface area contributed by atoms with Gasteiger partial charge in [0, 0.05) is 4.43 Å². The summed E-state index contributed by atoms with van der Waals surface area (Å²) in [5, 5.41) is 0. The van der Waals surface area contributed by atoms with Crippen molar-refractivity contribution in [2.24, 2.45) is 0 Å². The van der Waals surface area contributed by atoms with Gasteiger partial charge in [-0.15, -0.1) is 0 Å². The van der Waals surface area contributed by atoms with Crippen LogP contribution >= 0.6 is 22.6 Å². The third kappa shape index (κ3) is 3.17. The van der Waals surface area contributed by atoms with E-state index in [1.54, 1.807) is 6.07 Å². The molecule has 0 aromatic heterocycles. The Labute approximate surface area is 88.3 Å². The summed E-state index contributed by atoms with van der Waals surface area (Å²) in [5.41, 5.74) is 0.0234. The van der Waals surface area contributed by atoms with Crippen LogP contribution in [0.15, 0.2) is 18.2 Å². The molecule has 0 N–H and O–H groups in total. The molecule has 13 heavy (non-hydrogen) atoms. The van der Waals surface area contributed by atoms with Gasteiger partial charge in [-0.1, -0.05) is 34.7 Å². The smallest absolute Gasteiger partial charge is 0.166 e. The molecule has 0 heterocycles. The lowest BCUT2D eigenvalue weighted by molar-refractivity contribution is -0.137. The molecule has 0 saturated carbocycles. The quantitative estimate of drug-likeness (QED) is 0.579. The summed E-state index contributed by atoms with van der Waals surface area (Å²) in [6, 6.07) is 6.32. The van der Waals surface area contributed by atoms with Crippen LogP contribution in [0, 0.1) is 6.07 Å². The summed E-state index contributed by atoms with van der Waals surface area (Å²) in [4.78, 5) is 0. The summed E-state index contributed by atoms with van der Waals surface area (Å²) in [5.74, 6) is 0. The standard InChI is InChI=1S/C9H7F3I/c10-9(11,12)8-3-1-2-7(6-8)4-5-13/h1-2,6H,4-5H2. The Morgan fingerprint density at radius 1 is 1.38 bits per heavy atom. The van der Waals surface area contributed by atoms with Gasteiger partial charge in [0.1, 0.15) is 0 Å². The number of hydrogen-bond acceptors (Lipinski definition) is 0. The highest BCUT2D eigenvalue weighted by atomic mass is 127. The minimum absolute atomic E-state index is 0.665. The zero-order valence-corrected chi connectivity index (χ0v) is 8.82. The van der Waals surface area contributed by atoms with Crippen molar-refractivity contribution in [3.8, 4) is 0 Å². The summed E-state index contributed by atoms with van der Waals surface area (Å²) < 4.78 is 37.3. The van der Waals surface area contributed by atoms with Gasteiger partial charge in [-0.2, -0.15) is 13.2 Å². The van der Waals surface area contributed by atoms with Gasteiger partial charge in [0.15, 0.2) is 0 Å². The average molecular weight is 299 g/mol. The van der Waals surface area contributed by atoms with Crippen LogP contribution in [0.1, 0.15) is 11.1 Å². The second-order valence-electron chi connectivity index (χ2n) is 2.55. The third-order valence-corrected chi connectivity index (χ3v) is 2.09. The molecule has 0 aliphatic heterocycles. The molecule has 0 spiro atoms. The maximum atomic E-state index is 12.2. The first-order valence-corrected chi connectivity index (χ1v) is 5.20. The maximum absolute atomic E-state index is 12.2. The van der Waals surface area contributed by atoms with Crippen LogP contribution in [0.3, 0.4) is 0 Å². The van der Waals surface area contributed by atoms with Gasteiger partial charge >= 0.3 is 6.18 Å². The Balaban J connectivity index is 2.92. The van der Waals surface area contributed by atoms with Gasteiger partial charge in [-0.05, 0) is 24.1 Å². The molecule has 71 valence electrons. The van der Waals surface area contributed by atoms with Crippen LogP contribution < -0.4 is 0 Å². The monoisotopic (exact) mass is 299 g/mol. The van der Waals surface area contributed by atoms with E-state index in [4.69, 9.17) is 0 Å². The highest BCUT2D eigenvalue weighted by Gasteiger charge is 2.30. The van der Waals surface area contributed by atoms with E-state index in [9.17, 15) is 13.2 Å². The van der Waals surface area contributed by atoms with Crippen molar-refractivity contribution in [2.75, 3.05) is 4.43 Å². The SMILES string of the molecule is FC(F)(F)c1[c]ccc(CCI)c1. The third-order valence-electron chi connectivity index (χ3n) is 1.55. The molecule has 0 aliphatic rings. The Hall–Kier alpha value is -0.260. The molecule has 0 bridgehead atoms. The molecule has 0 fully saturated rings. The van der Waals surface area contributed by atoms with E-state index in [1.165, 1.54) is 6.07 Å². The number of halogens is 4. The number of hydrogen-bond donors (Lipinski definition) is 0. The van der Waals surface area contributed by atoms with Crippen molar-refractivity contribution in [1.82, 2.24) is 0 Å². The van der Waals surface area contributed by atoms with E-state index in [0.717, 1.165) is 10.5 Å². The second-order valence-corrected chi connectivity index (χ2v) is 3.63. The Morgan fingerprint density at radius 3 is 2.62 bits per heavy atom. The molecule has 4 heteroatoms. The van der Waals surface area contributed by atoms with Crippen molar-refractivity contribution in [3.05, 3.63) is 35.4 Å². The van der Waals surface area contributed by atoms with Gasteiger partial charge in [0.2, 0.25) is 0 Å². The number of rotatable bonds is 2. The minimum Gasteiger partial charge on any atom is -0.166 e. The van der Waals surface area contributed by atoms with Crippen molar-refractivity contribution in [3.63, 3.8) is 0 Å². The maximum Gasteiger partial charge on any atom is 0.417 e. The first-order valence-electron chi connectivity index (χ1n) is 3.68. The van der Waals surface area contributed by atoms with Gasteiger partial charge in [-0.25, -0.2) is 0 Å². The van der Waals surface area contributed by atoms with Crippen LogP contribution in [0.2, 0.25) is 0 Å². The fourth-order valence-electron chi connectivity index (χ4n) is 0.942. The molecule has 0 amide bonds. The highest BCUT2D eigenvalue weighted by Crippen LogP contribution is 2.29. The number of benzene rings is 1. The van der Waals surface area contributed by atoms with Crippen LogP contribution in [0.25, 0.3) is 0 Å². The van der Waals surface area contributed by atoms with Gasteiger partial charge in [0.05, 0.1) is 5.56 Å². The summed E-state index contributed by atoms with van der Waals surface area (Å²) >= 11 is 2.13. The van der Waals surface area contributed by atoms with Crippen molar-refractivity contribution in [2.45, 2.75) is 12.6 Å². The van der Waals surface area contributed by atoms with E-state index < -0.39 is 11.7 Å². The molecule has 0 atom stereocenters. The molecule has 0 aliphatic carbocycles. The Bertz CT molecular complexity index is 280. The van der Waals surface area contributed by atoms with Crippen LogP contribution in [-0.2, 0) is 12.6 Å². The first kappa shape index (κ1) is 10.8. The summed E-state index contributed by atoms with van der Waals surface area (Å²) in [6.45, 7) is 0. The zero-order chi connectivity index (χ0) is 9.90. The van der Waals surface area contributed by atoms with E-state index >= 15 is 0 Å². The van der Waals surface area contributed by atoms with Crippen molar-refractivity contribution < 1.29 is 13.2 Å². The molecule has 0 nitrogen and oxygen atoms in total. The lowest BCUT2D eigenvalue weighted by Crippen LogP contribution is -2.05. The lowest BCUT2D eigenvalue weighted by atomic mass is 10.1. The Morgan fingerprint density at radius 2 is 2.08 bits per heavy atom. The molecule has 1 rings (SSSR count). The molecule has 1 radical (unpaired) electrons. The summed E-state index contributed by atoms with van der Waals surface area (Å²) in [6.07, 6.45) is -3.61. The van der Waals surface area contributed by atoms with Gasteiger partial charge in [-0.3, -0.25) is 0 Å². The van der Waals surface area contributed by atoms with E-state index in [-0.39, 0.29) is 0 Å². The van der Waals surface area contributed by atoms with Crippen molar-refractivity contribution in [1.29, 1.82) is 0 Å².